The van der Waals surface area contributed by atoms with Crippen LogP contribution in [0.15, 0.2) is 0 Å². The molecule has 0 radical (unpaired) electrons. The minimum Gasteiger partial charge on any atom is -0.394 e. The molecule has 9 aliphatic rings. The van der Waals surface area contributed by atoms with E-state index < -0.39 is 138 Å². The molecule has 11 N–H and O–H groups in total. The number of rotatable bonds is 9. The summed E-state index contributed by atoms with van der Waals surface area (Å²) in [5, 5.41) is 118. The summed E-state index contributed by atoms with van der Waals surface area (Å²) in [7, 11) is 0. The predicted molar refractivity (Wildman–Crippen MR) is 220 cm³/mol. The fourth-order valence-electron chi connectivity index (χ4n) is 16.1. The first-order chi connectivity index (χ1) is 29.8. The van der Waals surface area contributed by atoms with E-state index >= 15 is 0 Å². The Kier molecular flexibility index (Phi) is 12.2. The number of hydrogen-bond acceptors (Lipinski definition) is 18. The van der Waals surface area contributed by atoms with Gasteiger partial charge in [0.2, 0.25) is 0 Å². The Balaban J connectivity index is 0.994. The fraction of sp³-hybridized carbons (Fsp3) is 1.00. The van der Waals surface area contributed by atoms with E-state index in [4.69, 9.17) is 33.2 Å². The lowest BCUT2D eigenvalue weighted by Gasteiger charge is -2.65. The van der Waals surface area contributed by atoms with E-state index in [2.05, 4.69) is 34.6 Å². The Morgan fingerprint density at radius 1 is 0.609 bits per heavy atom. The highest BCUT2D eigenvalue weighted by molar-refractivity contribution is 5.33. The van der Waals surface area contributed by atoms with Gasteiger partial charge in [-0.2, -0.15) is 0 Å². The van der Waals surface area contributed by atoms with Crippen LogP contribution in [0.25, 0.3) is 0 Å². The lowest BCUT2D eigenvalue weighted by Crippen LogP contribution is -2.64. The third-order valence-corrected chi connectivity index (χ3v) is 19.5. The molecule has 368 valence electrons. The molecule has 0 aromatic heterocycles. The van der Waals surface area contributed by atoms with E-state index in [1.165, 1.54) is 0 Å². The zero-order chi connectivity index (χ0) is 46.5. The van der Waals surface area contributed by atoms with Crippen LogP contribution in [0.2, 0.25) is 0 Å². The van der Waals surface area contributed by atoms with Gasteiger partial charge in [0.1, 0.15) is 61.0 Å². The second-order valence-electron chi connectivity index (χ2n) is 23.4. The van der Waals surface area contributed by atoms with Crippen molar-refractivity contribution >= 4 is 0 Å². The van der Waals surface area contributed by atoms with Crippen molar-refractivity contribution in [2.24, 2.45) is 44.8 Å². The molecule has 0 unspecified atom stereocenters. The molecule has 0 bridgehead atoms. The van der Waals surface area contributed by atoms with Crippen LogP contribution in [0.4, 0.5) is 0 Å². The number of aliphatic hydroxyl groups excluding tert-OH is 11. The molecule has 0 aromatic rings. The lowest BCUT2D eigenvalue weighted by molar-refractivity contribution is -0.335. The normalized spacial score (nSPS) is 58.2. The van der Waals surface area contributed by atoms with Crippen molar-refractivity contribution < 1.29 is 89.3 Å². The first kappa shape index (κ1) is 48.3. The average Bonchev–Trinajstić information content (AvgIpc) is 3.60. The van der Waals surface area contributed by atoms with Gasteiger partial charge in [-0.15, -0.1) is 0 Å². The maximum absolute atomic E-state index is 12.5. The summed E-state index contributed by atoms with van der Waals surface area (Å²) in [4.78, 5) is 0. The van der Waals surface area contributed by atoms with Gasteiger partial charge in [0, 0.05) is 5.92 Å². The summed E-state index contributed by atoms with van der Waals surface area (Å²) >= 11 is 0. The van der Waals surface area contributed by atoms with Crippen LogP contribution in [0.1, 0.15) is 106 Å². The van der Waals surface area contributed by atoms with Crippen LogP contribution in [0, 0.1) is 44.8 Å². The number of hydrogen-bond donors (Lipinski definition) is 11. The quantitative estimate of drug-likeness (QED) is 0.126. The molecule has 18 heteroatoms. The maximum Gasteiger partial charge on any atom is 0.187 e. The molecule has 2 spiro atoms. The summed E-state index contributed by atoms with van der Waals surface area (Å²) in [5.74, 6) is -0.363. The molecule has 9 rings (SSSR count). The van der Waals surface area contributed by atoms with Gasteiger partial charge in [-0.05, 0) is 117 Å². The number of ether oxygens (including phenoxy) is 7. The maximum atomic E-state index is 12.5. The molecule has 64 heavy (non-hydrogen) atoms. The largest absolute Gasteiger partial charge is 0.394 e. The van der Waals surface area contributed by atoms with E-state index in [0.717, 1.165) is 25.7 Å². The van der Waals surface area contributed by atoms with Gasteiger partial charge >= 0.3 is 0 Å². The van der Waals surface area contributed by atoms with E-state index in [0.29, 0.717) is 32.1 Å². The van der Waals surface area contributed by atoms with Crippen molar-refractivity contribution in [3.05, 3.63) is 0 Å². The molecule has 0 aromatic carbocycles. The Bertz CT molecular complexity index is 1720. The van der Waals surface area contributed by atoms with Gasteiger partial charge < -0.3 is 89.3 Å². The summed E-state index contributed by atoms with van der Waals surface area (Å²) < 4.78 is 44.2. The molecule has 9 fully saturated rings. The number of aliphatic hydroxyl groups is 11. The highest BCUT2D eigenvalue weighted by Gasteiger charge is 2.85. The third-order valence-electron chi connectivity index (χ3n) is 19.5. The number of fused-ring (bicyclic) bond motifs is 2. The molecule has 4 saturated heterocycles. The molecule has 5 aliphatic carbocycles. The zero-order valence-electron chi connectivity index (χ0n) is 38.3. The predicted octanol–water partition coefficient (Wildman–Crippen LogP) is -0.813. The van der Waals surface area contributed by atoms with Gasteiger partial charge in [0.25, 0.3) is 0 Å². The molecule has 25 atom stereocenters. The van der Waals surface area contributed by atoms with Crippen LogP contribution in [0.3, 0.4) is 0 Å². The Hall–Kier alpha value is -0.720. The van der Waals surface area contributed by atoms with Crippen molar-refractivity contribution in [1.29, 1.82) is 0 Å². The van der Waals surface area contributed by atoms with Gasteiger partial charge in [-0.25, -0.2) is 0 Å². The van der Waals surface area contributed by atoms with Crippen molar-refractivity contribution in [3.8, 4) is 0 Å². The smallest absolute Gasteiger partial charge is 0.187 e. The second kappa shape index (κ2) is 16.2. The van der Waals surface area contributed by atoms with E-state index in [9.17, 15) is 56.2 Å². The summed E-state index contributed by atoms with van der Waals surface area (Å²) in [5.41, 5.74) is -3.58. The molecular weight excluding hydrogens is 840 g/mol. The fourth-order valence-corrected chi connectivity index (χ4v) is 16.1. The second-order valence-corrected chi connectivity index (χ2v) is 23.4. The Labute approximate surface area is 375 Å². The molecule has 0 amide bonds. The minimum absolute atomic E-state index is 0.0658. The highest BCUT2D eigenvalue weighted by Crippen LogP contribution is 2.89. The molecule has 5 saturated carbocycles. The molecule has 4 heterocycles. The average molecular weight is 917 g/mol. The van der Waals surface area contributed by atoms with Gasteiger partial charge in [-0.1, -0.05) is 27.7 Å². The standard InChI is InChI=1S/C46H76O18/c1-40(2)26(62-38-33(56)29(52)22(50)18-59-38)9-11-46-19-45(46)13-12-42(5)35(44(7)10-8-27(63-44)41(3,4)64-39-34(57)31(54)30(53)24(16-47)61-39)20(48)15-43(42,6)25(45)14-23(36(40)46)60-37-32(55)28(51)21(49)17-58-37/h20-39,47-57H,8-19H2,1-7H3/t20-,21+,22+,23-,24+,25-,26-,27-,28-,29-,30+,31-,32+,33+,34+,35-,36-,37-,38-,39-,42+,43-,44+,45-,46+/m0/s1. The van der Waals surface area contributed by atoms with E-state index in [-0.39, 0.29) is 41.8 Å². The minimum atomic E-state index is -1.59. The third kappa shape index (κ3) is 6.93. The van der Waals surface area contributed by atoms with E-state index in [1.54, 1.807) is 0 Å². The summed E-state index contributed by atoms with van der Waals surface area (Å²) in [6.45, 7) is 13.6. The highest BCUT2D eigenvalue weighted by atomic mass is 16.7. The summed E-state index contributed by atoms with van der Waals surface area (Å²) in [6.07, 6.45) is -13.7. The van der Waals surface area contributed by atoms with Crippen LogP contribution >= 0.6 is 0 Å². The lowest BCUT2D eigenvalue weighted by atomic mass is 9.41. The van der Waals surface area contributed by atoms with Crippen LogP contribution in [-0.2, 0) is 33.2 Å². The topological polar surface area (TPSA) is 287 Å². The van der Waals surface area contributed by atoms with Gasteiger partial charge in [-0.3, -0.25) is 0 Å². The first-order valence-corrected chi connectivity index (χ1v) is 23.8. The van der Waals surface area contributed by atoms with Gasteiger partial charge in [0.05, 0.1) is 55.4 Å². The van der Waals surface area contributed by atoms with Crippen molar-refractivity contribution in [1.82, 2.24) is 0 Å². The van der Waals surface area contributed by atoms with Crippen molar-refractivity contribution in [2.75, 3.05) is 19.8 Å². The summed E-state index contributed by atoms with van der Waals surface area (Å²) in [6, 6.07) is 0. The monoisotopic (exact) mass is 917 g/mol. The Morgan fingerprint density at radius 2 is 1.22 bits per heavy atom. The zero-order valence-corrected chi connectivity index (χ0v) is 38.3. The van der Waals surface area contributed by atoms with Crippen molar-refractivity contribution in [3.63, 3.8) is 0 Å². The SMILES string of the molecule is CC(C)(O[C@@H]1O[C@H](CO)[C@@H](O)[C@H](O)[C@H]1O)[C@@H]1CC[C@](C)([C@H]2[C@@H](O)C[C@@]3(C)[C@@H]4C[C@H](O[C@@H]5OC[C@@H](O)[C@H](O)[C@H]5O)[C@H]5C(C)(C)[C@@H](O[C@@H]6OC[C@@H](O)[C@H](O)[C@H]6O)CC[C@@]56C[C@@]46CC[C@]23C)O1. The molecular formula is C46H76O18. The van der Waals surface area contributed by atoms with Crippen molar-refractivity contribution in [2.45, 2.75) is 222 Å². The molecule has 18 nitrogen and oxygen atoms in total. The van der Waals surface area contributed by atoms with E-state index in [1.807, 2.05) is 13.8 Å². The Morgan fingerprint density at radius 3 is 1.84 bits per heavy atom. The van der Waals surface area contributed by atoms with Crippen LogP contribution in [-0.4, -0.2) is 192 Å². The van der Waals surface area contributed by atoms with Gasteiger partial charge in [0.15, 0.2) is 18.9 Å². The van der Waals surface area contributed by atoms with Crippen LogP contribution in [0.5, 0.6) is 0 Å². The van der Waals surface area contributed by atoms with Crippen LogP contribution < -0.4 is 0 Å². The first-order valence-electron chi connectivity index (χ1n) is 23.8. The molecule has 4 aliphatic heterocycles.